The number of hydrogen-bond donors (Lipinski definition) is 1. The molecule has 2 atom stereocenters. The van der Waals surface area contributed by atoms with Crippen LogP contribution in [0.4, 0.5) is 4.79 Å². The van der Waals surface area contributed by atoms with Gasteiger partial charge in [-0.2, -0.15) is 0 Å². The summed E-state index contributed by atoms with van der Waals surface area (Å²) in [5, 5.41) is 2.45. The molecule has 1 aliphatic rings. The van der Waals surface area contributed by atoms with Crippen molar-refractivity contribution in [3.63, 3.8) is 0 Å². The fourth-order valence-corrected chi connectivity index (χ4v) is 2.59. The molecule has 0 saturated heterocycles. The average molecular weight is 299 g/mol. The maximum absolute atomic E-state index is 11.6. The van der Waals surface area contributed by atoms with Crippen molar-refractivity contribution in [3.05, 3.63) is 59.7 Å². The zero-order valence-electron chi connectivity index (χ0n) is 12.4. The molecule has 5 nitrogen and oxygen atoms in total. The van der Waals surface area contributed by atoms with Gasteiger partial charge in [-0.15, -0.1) is 0 Å². The monoisotopic (exact) mass is 299 g/mol. The molecule has 0 fully saturated rings. The lowest BCUT2D eigenvalue weighted by molar-refractivity contribution is -0.0255. The summed E-state index contributed by atoms with van der Waals surface area (Å²) in [4.78, 5) is 11.6. The summed E-state index contributed by atoms with van der Waals surface area (Å²) in [6.07, 6.45) is -1.21. The van der Waals surface area contributed by atoms with Gasteiger partial charge in [-0.05, 0) is 23.8 Å². The van der Waals surface area contributed by atoms with Crippen LogP contribution in [0, 0.1) is 0 Å². The molecule has 2 aromatic carbocycles. The van der Waals surface area contributed by atoms with Crippen LogP contribution < -0.4 is 14.8 Å². The van der Waals surface area contributed by atoms with Gasteiger partial charge in [-0.25, -0.2) is 4.79 Å². The van der Waals surface area contributed by atoms with E-state index in [0.717, 1.165) is 22.6 Å². The number of benzene rings is 2. The molecule has 5 heteroatoms. The zero-order valence-corrected chi connectivity index (χ0v) is 12.4. The van der Waals surface area contributed by atoms with Gasteiger partial charge in [0.1, 0.15) is 11.5 Å². The number of nitrogens with one attached hydrogen (secondary N) is 1. The van der Waals surface area contributed by atoms with Gasteiger partial charge in [0, 0.05) is 12.6 Å². The summed E-state index contributed by atoms with van der Waals surface area (Å²) < 4.78 is 16.3. The van der Waals surface area contributed by atoms with Crippen LogP contribution in [0.5, 0.6) is 11.5 Å². The van der Waals surface area contributed by atoms with Gasteiger partial charge in [0.25, 0.3) is 6.29 Å². The molecule has 1 aliphatic heterocycles. The highest BCUT2D eigenvalue weighted by molar-refractivity contribution is 5.67. The summed E-state index contributed by atoms with van der Waals surface area (Å²) in [5.41, 5.74) is 2.00. The fraction of sp³-hybridized carbons (Fsp3) is 0.235. The first-order chi connectivity index (χ1) is 10.7. The van der Waals surface area contributed by atoms with Crippen LogP contribution >= 0.6 is 0 Å². The molecule has 1 amide bonds. The number of carbonyl (C=O) groups excluding carboxylic acids is 1. The normalized spacial score (nSPS) is 19.0. The van der Waals surface area contributed by atoms with Crippen LogP contribution in [0.3, 0.4) is 0 Å². The average Bonchev–Trinajstić information content (AvgIpc) is 2.92. The smallest absolute Gasteiger partial charge is 0.410 e. The van der Waals surface area contributed by atoms with Crippen molar-refractivity contribution in [2.75, 3.05) is 14.2 Å². The number of hydrogen-bond acceptors (Lipinski definition) is 4. The Bertz CT molecular complexity index is 669. The van der Waals surface area contributed by atoms with Crippen LogP contribution in [-0.4, -0.2) is 26.5 Å². The summed E-state index contributed by atoms with van der Waals surface area (Å²) in [6.45, 7) is 0. The Hall–Kier alpha value is -2.69. The lowest BCUT2D eigenvalue weighted by atomic mass is 9.92. The standard InChI is InChI=1S/C17H17NO4/c1-18-17(19)22-16-15(11-7-9-12(20-2)10-8-11)13-5-3-4-6-14(13)21-16/h3-10,15-16H,1-2H3,(H,18,19). The maximum atomic E-state index is 11.6. The zero-order chi connectivity index (χ0) is 15.5. The number of para-hydroxylation sites is 1. The molecular formula is C17H17NO4. The first kappa shape index (κ1) is 14.3. The van der Waals surface area contributed by atoms with Gasteiger partial charge in [-0.3, -0.25) is 0 Å². The minimum Gasteiger partial charge on any atom is -0.497 e. The fourth-order valence-electron chi connectivity index (χ4n) is 2.59. The van der Waals surface area contributed by atoms with Crippen molar-refractivity contribution in [1.82, 2.24) is 5.32 Å². The van der Waals surface area contributed by atoms with Crippen molar-refractivity contribution in [3.8, 4) is 11.5 Å². The molecule has 0 spiro atoms. The Morgan fingerprint density at radius 3 is 2.55 bits per heavy atom. The van der Waals surface area contributed by atoms with Gasteiger partial charge in [-0.1, -0.05) is 30.3 Å². The largest absolute Gasteiger partial charge is 0.497 e. The predicted octanol–water partition coefficient (Wildman–Crippen LogP) is 2.90. The molecule has 0 aromatic heterocycles. The molecule has 0 saturated carbocycles. The van der Waals surface area contributed by atoms with E-state index in [-0.39, 0.29) is 5.92 Å². The topological polar surface area (TPSA) is 56.8 Å². The van der Waals surface area contributed by atoms with Gasteiger partial charge in [0.05, 0.1) is 13.0 Å². The quantitative estimate of drug-likeness (QED) is 0.947. The molecule has 1 N–H and O–H groups in total. The van der Waals surface area contributed by atoms with Crippen molar-refractivity contribution in [1.29, 1.82) is 0 Å². The summed E-state index contributed by atoms with van der Waals surface area (Å²) >= 11 is 0. The number of alkyl carbamates (subject to hydrolysis) is 1. The maximum Gasteiger partial charge on any atom is 0.410 e. The molecule has 0 bridgehead atoms. The lowest BCUT2D eigenvalue weighted by Crippen LogP contribution is -2.31. The molecule has 114 valence electrons. The molecule has 0 aliphatic carbocycles. The number of ether oxygens (including phenoxy) is 3. The molecule has 2 unspecified atom stereocenters. The summed E-state index contributed by atoms with van der Waals surface area (Å²) in [6, 6.07) is 15.4. The van der Waals surface area contributed by atoms with E-state index in [4.69, 9.17) is 14.2 Å². The molecule has 1 heterocycles. The van der Waals surface area contributed by atoms with E-state index in [2.05, 4.69) is 5.32 Å². The van der Waals surface area contributed by atoms with E-state index in [9.17, 15) is 4.79 Å². The van der Waals surface area contributed by atoms with Crippen molar-refractivity contribution in [2.24, 2.45) is 0 Å². The van der Waals surface area contributed by atoms with Crippen LogP contribution in [0.1, 0.15) is 17.0 Å². The highest BCUT2D eigenvalue weighted by Crippen LogP contribution is 2.42. The molecule has 3 rings (SSSR count). The second kappa shape index (κ2) is 5.97. The first-order valence-electron chi connectivity index (χ1n) is 7.01. The van der Waals surface area contributed by atoms with Crippen molar-refractivity contribution < 1.29 is 19.0 Å². The summed E-state index contributed by atoms with van der Waals surface area (Å²) in [7, 11) is 3.15. The van der Waals surface area contributed by atoms with Gasteiger partial charge in [0.2, 0.25) is 0 Å². The van der Waals surface area contributed by atoms with Crippen LogP contribution in [0.15, 0.2) is 48.5 Å². The lowest BCUT2D eigenvalue weighted by Gasteiger charge is -2.19. The SMILES string of the molecule is CNC(=O)OC1Oc2ccccc2C1c1ccc(OC)cc1. The molecule has 0 radical (unpaired) electrons. The third-order valence-electron chi connectivity index (χ3n) is 3.67. The minimum absolute atomic E-state index is 0.167. The molecule has 2 aromatic rings. The molecule has 22 heavy (non-hydrogen) atoms. The van der Waals surface area contributed by atoms with Crippen LogP contribution in [-0.2, 0) is 4.74 Å². The minimum atomic E-state index is -0.689. The van der Waals surface area contributed by atoms with Gasteiger partial charge in [0.15, 0.2) is 0 Å². The second-order valence-electron chi connectivity index (χ2n) is 4.93. The highest BCUT2D eigenvalue weighted by atomic mass is 16.7. The number of carbonyl (C=O) groups is 1. The van der Waals surface area contributed by atoms with E-state index < -0.39 is 12.4 Å². The Morgan fingerprint density at radius 2 is 1.86 bits per heavy atom. The number of amides is 1. The Labute approximate surface area is 128 Å². The van der Waals surface area contributed by atoms with E-state index in [1.54, 1.807) is 7.11 Å². The van der Waals surface area contributed by atoms with Gasteiger partial charge < -0.3 is 19.5 Å². The van der Waals surface area contributed by atoms with E-state index >= 15 is 0 Å². The van der Waals surface area contributed by atoms with E-state index in [1.165, 1.54) is 7.05 Å². The first-order valence-corrected chi connectivity index (χ1v) is 7.01. The Morgan fingerprint density at radius 1 is 1.14 bits per heavy atom. The van der Waals surface area contributed by atoms with Crippen LogP contribution in [0.2, 0.25) is 0 Å². The number of fused-ring (bicyclic) bond motifs is 1. The highest BCUT2D eigenvalue weighted by Gasteiger charge is 2.38. The Kier molecular flexibility index (Phi) is 3.87. The third kappa shape index (κ3) is 2.57. The van der Waals surface area contributed by atoms with Crippen LogP contribution in [0.25, 0.3) is 0 Å². The number of methoxy groups -OCH3 is 1. The predicted molar refractivity (Wildman–Crippen MR) is 81.2 cm³/mol. The van der Waals surface area contributed by atoms with Crippen molar-refractivity contribution >= 4 is 6.09 Å². The van der Waals surface area contributed by atoms with E-state index in [1.807, 2.05) is 48.5 Å². The Balaban J connectivity index is 1.96. The second-order valence-corrected chi connectivity index (χ2v) is 4.93. The summed E-state index contributed by atoms with van der Waals surface area (Å²) in [5.74, 6) is 1.34. The third-order valence-corrected chi connectivity index (χ3v) is 3.67. The van der Waals surface area contributed by atoms with Gasteiger partial charge >= 0.3 is 6.09 Å². The van der Waals surface area contributed by atoms with E-state index in [0.29, 0.717) is 0 Å². The molecular weight excluding hydrogens is 282 g/mol. The van der Waals surface area contributed by atoms with Crippen molar-refractivity contribution in [2.45, 2.75) is 12.2 Å². The number of rotatable bonds is 3.